The molecule has 18 heavy (non-hydrogen) atoms. The van der Waals surface area contributed by atoms with Crippen LogP contribution in [0, 0.1) is 23.2 Å². The molecule has 1 N–H and O–H groups in total. The van der Waals surface area contributed by atoms with Gasteiger partial charge in [0.15, 0.2) is 0 Å². The van der Waals surface area contributed by atoms with E-state index in [1.54, 1.807) is 0 Å². The lowest BCUT2D eigenvalue weighted by molar-refractivity contribution is -0.103. The molecular weight excluding hydrogens is 224 g/mol. The van der Waals surface area contributed by atoms with Gasteiger partial charge in [-0.1, -0.05) is 13.8 Å². The molecule has 0 aromatic heterocycles. The minimum absolute atomic E-state index is 0.173. The molecule has 3 atom stereocenters. The molecule has 1 saturated heterocycles. The first-order chi connectivity index (χ1) is 8.59. The molecule has 1 aliphatic heterocycles. The van der Waals surface area contributed by atoms with Gasteiger partial charge in [0, 0.05) is 19.6 Å². The van der Waals surface area contributed by atoms with E-state index in [1.165, 1.54) is 32.1 Å². The molecule has 2 bridgehead atoms. The first-order valence-electron chi connectivity index (χ1n) is 7.62. The maximum Gasteiger partial charge on any atom is 0.317 e. The van der Waals surface area contributed by atoms with Crippen molar-refractivity contribution in [3.05, 3.63) is 0 Å². The summed E-state index contributed by atoms with van der Waals surface area (Å²) in [6.07, 6.45) is 6.44. The van der Waals surface area contributed by atoms with Crippen molar-refractivity contribution in [2.24, 2.45) is 23.2 Å². The molecule has 0 aromatic rings. The number of nitrogens with zero attached hydrogens (tertiary/aromatic N) is 1. The summed E-state index contributed by atoms with van der Waals surface area (Å²) in [5.74, 6) is 2.51. The van der Waals surface area contributed by atoms with E-state index in [-0.39, 0.29) is 6.03 Å². The van der Waals surface area contributed by atoms with Gasteiger partial charge in [0.05, 0.1) is 0 Å². The summed E-state index contributed by atoms with van der Waals surface area (Å²) in [4.78, 5) is 14.0. The van der Waals surface area contributed by atoms with E-state index < -0.39 is 0 Å². The Morgan fingerprint density at radius 1 is 1.28 bits per heavy atom. The van der Waals surface area contributed by atoms with E-state index in [9.17, 15) is 4.79 Å². The van der Waals surface area contributed by atoms with Gasteiger partial charge >= 0.3 is 6.03 Å². The average Bonchev–Trinajstić information content (AvgIpc) is 2.89. The quantitative estimate of drug-likeness (QED) is 0.803. The van der Waals surface area contributed by atoms with Crippen LogP contribution in [-0.4, -0.2) is 30.6 Å². The van der Waals surface area contributed by atoms with Gasteiger partial charge < -0.3 is 10.2 Å². The van der Waals surface area contributed by atoms with Crippen LogP contribution in [0.2, 0.25) is 0 Å². The second-order valence-corrected chi connectivity index (χ2v) is 7.08. The van der Waals surface area contributed by atoms with Crippen molar-refractivity contribution < 1.29 is 4.79 Å². The topological polar surface area (TPSA) is 32.3 Å². The summed E-state index contributed by atoms with van der Waals surface area (Å²) >= 11 is 0. The van der Waals surface area contributed by atoms with Gasteiger partial charge in [-0.05, 0) is 55.3 Å². The van der Waals surface area contributed by atoms with Crippen LogP contribution in [0.25, 0.3) is 0 Å². The van der Waals surface area contributed by atoms with E-state index in [1.807, 2.05) is 4.90 Å². The van der Waals surface area contributed by atoms with Crippen molar-refractivity contribution in [1.82, 2.24) is 10.2 Å². The fraction of sp³-hybridized carbons (Fsp3) is 0.933. The van der Waals surface area contributed by atoms with Gasteiger partial charge in [-0.15, -0.1) is 0 Å². The number of likely N-dealkylation sites (tertiary alicyclic amines) is 1. The molecule has 102 valence electrons. The molecule has 1 heterocycles. The number of rotatable bonds is 2. The van der Waals surface area contributed by atoms with Crippen molar-refractivity contribution in [2.75, 3.05) is 19.6 Å². The highest BCUT2D eigenvalue weighted by Crippen LogP contribution is 2.61. The second kappa shape index (κ2) is 4.43. The number of amides is 2. The number of carbonyl (C=O) groups is 1. The number of hydrogen-bond acceptors (Lipinski definition) is 1. The van der Waals surface area contributed by atoms with Gasteiger partial charge in [-0.25, -0.2) is 4.79 Å². The van der Waals surface area contributed by atoms with Crippen LogP contribution >= 0.6 is 0 Å². The highest BCUT2D eigenvalue weighted by atomic mass is 16.2. The first-order valence-corrected chi connectivity index (χ1v) is 7.62. The SMILES string of the molecule is CC1(C)[C@H]2CC[C@@H](CNC(=O)N3CCCC3)[C@@H]1C2. The van der Waals surface area contributed by atoms with E-state index in [0.29, 0.717) is 5.41 Å². The van der Waals surface area contributed by atoms with Crippen LogP contribution in [0.4, 0.5) is 4.79 Å². The van der Waals surface area contributed by atoms with Gasteiger partial charge in [-0.3, -0.25) is 0 Å². The van der Waals surface area contributed by atoms with Gasteiger partial charge in [-0.2, -0.15) is 0 Å². The zero-order valence-corrected chi connectivity index (χ0v) is 11.7. The van der Waals surface area contributed by atoms with Crippen molar-refractivity contribution in [1.29, 1.82) is 0 Å². The molecule has 0 spiro atoms. The normalized spacial score (nSPS) is 37.2. The third-order valence-electron chi connectivity index (χ3n) is 5.91. The molecule has 3 nitrogen and oxygen atoms in total. The Hall–Kier alpha value is -0.730. The molecule has 3 heteroatoms. The van der Waals surface area contributed by atoms with Crippen LogP contribution in [0.1, 0.15) is 46.0 Å². The van der Waals surface area contributed by atoms with Gasteiger partial charge in [0.1, 0.15) is 0 Å². The Labute approximate surface area is 110 Å². The fourth-order valence-corrected chi connectivity index (χ4v) is 4.46. The van der Waals surface area contributed by atoms with Crippen LogP contribution in [0.5, 0.6) is 0 Å². The third kappa shape index (κ3) is 1.92. The Morgan fingerprint density at radius 3 is 2.61 bits per heavy atom. The number of carbonyl (C=O) groups excluding carboxylic acids is 1. The molecule has 3 saturated carbocycles. The van der Waals surface area contributed by atoms with Crippen molar-refractivity contribution in [3.63, 3.8) is 0 Å². The third-order valence-corrected chi connectivity index (χ3v) is 5.91. The number of nitrogens with one attached hydrogen (secondary N) is 1. The highest BCUT2D eigenvalue weighted by molar-refractivity contribution is 5.74. The minimum atomic E-state index is 0.173. The van der Waals surface area contributed by atoms with Crippen molar-refractivity contribution in [2.45, 2.75) is 46.0 Å². The number of hydrogen-bond donors (Lipinski definition) is 1. The monoisotopic (exact) mass is 250 g/mol. The van der Waals surface area contributed by atoms with Gasteiger partial charge in [0.2, 0.25) is 0 Å². The van der Waals surface area contributed by atoms with E-state index in [2.05, 4.69) is 19.2 Å². The summed E-state index contributed by atoms with van der Waals surface area (Å²) in [5, 5.41) is 3.17. The molecule has 2 amide bonds. The Kier molecular flexibility index (Phi) is 3.03. The van der Waals surface area contributed by atoms with Crippen molar-refractivity contribution in [3.8, 4) is 0 Å². The Morgan fingerprint density at radius 2 is 2.00 bits per heavy atom. The fourth-order valence-electron chi connectivity index (χ4n) is 4.46. The number of urea groups is 1. The van der Waals surface area contributed by atoms with Crippen LogP contribution in [-0.2, 0) is 0 Å². The lowest BCUT2D eigenvalue weighted by atomic mass is 9.45. The van der Waals surface area contributed by atoms with E-state index in [4.69, 9.17) is 0 Å². The standard InChI is InChI=1S/C15H26N2O/c1-15(2)12-6-5-11(13(15)9-12)10-16-14(18)17-7-3-4-8-17/h11-13H,3-10H2,1-2H3,(H,16,18)/t11-,12-,13-/m0/s1. The summed E-state index contributed by atoms with van der Waals surface area (Å²) in [5.41, 5.74) is 0.529. The largest absolute Gasteiger partial charge is 0.338 e. The summed E-state index contributed by atoms with van der Waals surface area (Å²) < 4.78 is 0. The maximum atomic E-state index is 12.0. The molecule has 3 aliphatic carbocycles. The molecule has 4 fully saturated rings. The number of fused-ring (bicyclic) bond motifs is 2. The van der Waals surface area contributed by atoms with Crippen LogP contribution in [0.15, 0.2) is 0 Å². The predicted molar refractivity (Wildman–Crippen MR) is 72.3 cm³/mol. The Balaban J connectivity index is 1.50. The highest BCUT2D eigenvalue weighted by Gasteiger charge is 2.53. The summed E-state index contributed by atoms with van der Waals surface area (Å²) in [6, 6.07) is 0.173. The van der Waals surface area contributed by atoms with Crippen LogP contribution < -0.4 is 5.32 Å². The summed E-state index contributed by atoms with van der Waals surface area (Å²) in [6.45, 7) is 7.64. The van der Waals surface area contributed by atoms with Crippen molar-refractivity contribution >= 4 is 6.03 Å². The molecular formula is C15H26N2O. The molecule has 0 unspecified atom stereocenters. The van der Waals surface area contributed by atoms with E-state index in [0.717, 1.165) is 37.4 Å². The lowest BCUT2D eigenvalue weighted by Gasteiger charge is -2.60. The zero-order valence-electron chi connectivity index (χ0n) is 11.7. The molecule has 0 aromatic carbocycles. The Bertz CT molecular complexity index is 331. The summed E-state index contributed by atoms with van der Waals surface area (Å²) in [7, 11) is 0. The molecule has 0 radical (unpaired) electrons. The average molecular weight is 250 g/mol. The maximum absolute atomic E-state index is 12.0. The lowest BCUT2D eigenvalue weighted by Crippen LogP contribution is -2.55. The molecule has 4 aliphatic rings. The van der Waals surface area contributed by atoms with Gasteiger partial charge in [0.25, 0.3) is 0 Å². The second-order valence-electron chi connectivity index (χ2n) is 7.08. The van der Waals surface area contributed by atoms with Crippen LogP contribution in [0.3, 0.4) is 0 Å². The predicted octanol–water partition coefficient (Wildman–Crippen LogP) is 2.86. The first kappa shape index (κ1) is 12.3. The van der Waals surface area contributed by atoms with E-state index >= 15 is 0 Å². The molecule has 4 rings (SSSR count). The minimum Gasteiger partial charge on any atom is -0.338 e. The smallest absolute Gasteiger partial charge is 0.317 e. The zero-order chi connectivity index (χ0) is 12.8.